The van der Waals surface area contributed by atoms with Gasteiger partial charge in [-0.25, -0.2) is 0 Å². The largest absolute Gasteiger partial charge is 2.00 e. The normalized spacial score (nSPS) is 10.5. The molecule has 0 fully saturated rings. The van der Waals surface area contributed by atoms with Gasteiger partial charge in [0.05, 0.1) is 0 Å². The Bertz CT molecular complexity index is 611. The van der Waals surface area contributed by atoms with Crippen LogP contribution >= 0.6 is 0 Å². The Morgan fingerprint density at radius 2 is 0.578 bits per heavy atom. The van der Waals surface area contributed by atoms with Crippen molar-refractivity contribution >= 4 is 41.1 Å². The molecule has 0 spiro atoms. The Morgan fingerprint density at radius 1 is 0.378 bits per heavy atom. The summed E-state index contributed by atoms with van der Waals surface area (Å²) in [7, 11) is 0. The first-order valence-electron chi connectivity index (χ1n) is 17.8. The molecule has 8 heteroatoms. The van der Waals surface area contributed by atoms with Crippen LogP contribution in [0.2, 0.25) is 0 Å². The number of aliphatic carboxylic acids is 2. The van der Waals surface area contributed by atoms with Crippen molar-refractivity contribution in [3.63, 3.8) is 0 Å². The van der Waals surface area contributed by atoms with Crippen molar-refractivity contribution in [1.29, 1.82) is 0 Å². The Morgan fingerprint density at radius 3 is 0.800 bits per heavy atom. The molecule has 0 rings (SSSR count). The summed E-state index contributed by atoms with van der Waals surface area (Å²) < 4.78 is 0. The number of hydrogen-bond donors (Lipinski definition) is 0. The van der Waals surface area contributed by atoms with Crippen molar-refractivity contribution in [2.24, 2.45) is 0 Å². The van der Waals surface area contributed by atoms with E-state index in [-0.39, 0.29) is 35.9 Å². The van der Waals surface area contributed by atoms with Crippen molar-refractivity contribution < 1.29 is 34.8 Å². The Balaban J connectivity index is -0.000000327. The summed E-state index contributed by atoms with van der Waals surface area (Å²) in [5, 5.41) is 37.1. The minimum absolute atomic E-state index is 0. The molecule has 45 heavy (non-hydrogen) atoms. The average molecular weight is 647 g/mol. The summed E-state index contributed by atoms with van der Waals surface area (Å²) in [5.41, 5.74) is 0. The predicted molar refractivity (Wildman–Crippen MR) is 180 cm³/mol. The fraction of sp³-hybridized carbons (Fsp3) is 0.811. The second-order valence-electron chi connectivity index (χ2n) is 11.7. The zero-order valence-corrected chi connectivity index (χ0v) is 30.6. The van der Waals surface area contributed by atoms with Crippen LogP contribution in [-0.4, -0.2) is 41.1 Å². The van der Waals surface area contributed by atoms with Gasteiger partial charge in [0.1, 0.15) is 0 Å². The quantitative estimate of drug-likeness (QED) is 0.0479. The van der Waals surface area contributed by atoms with Crippen LogP contribution in [0.5, 0.6) is 0 Å². The molecule has 0 unspecified atom stereocenters. The van der Waals surface area contributed by atoms with Crippen LogP contribution in [0.25, 0.3) is 0 Å². The number of rotatable bonds is 30. The topological polar surface area (TPSA) is 143 Å². The molecule has 0 N–H and O–H groups in total. The maximum absolute atomic E-state index is 10.2. The summed E-state index contributed by atoms with van der Waals surface area (Å²) in [6.07, 6.45) is 39.5. The summed E-state index contributed by atoms with van der Waals surface area (Å²) in [6, 6.07) is 0. The van der Waals surface area contributed by atoms with Gasteiger partial charge in [-0.15, -0.1) is 0 Å². The smallest absolute Gasteiger partial charge is 0.652 e. The molecule has 0 aliphatic heterocycles. The molecule has 0 aliphatic rings. The molecule has 0 saturated heterocycles. The van der Waals surface area contributed by atoms with E-state index in [1.807, 2.05) is 0 Å². The van der Waals surface area contributed by atoms with Crippen LogP contribution in [0.1, 0.15) is 194 Å². The first kappa shape index (κ1) is 50.3. The van der Waals surface area contributed by atoms with Crippen molar-refractivity contribution in [2.75, 3.05) is 0 Å². The molecule has 7 nitrogen and oxygen atoms in total. The van der Waals surface area contributed by atoms with Crippen LogP contribution in [0.3, 0.4) is 0 Å². The molecule has 0 saturated carbocycles. The third-order valence-corrected chi connectivity index (χ3v) is 7.29. The average Bonchev–Trinajstić information content (AvgIpc) is 2.97. The van der Waals surface area contributed by atoms with Crippen molar-refractivity contribution in [3.8, 4) is 0 Å². The van der Waals surface area contributed by atoms with E-state index in [2.05, 4.69) is 38.2 Å². The van der Waals surface area contributed by atoms with E-state index in [0.717, 1.165) is 38.5 Å². The first-order chi connectivity index (χ1) is 21.3. The number of carboxylic acids is 2. The number of carbonyl (C=O) groups excluding carboxylic acids is 3. The van der Waals surface area contributed by atoms with Crippen LogP contribution in [0, 0.1) is 0 Å². The second-order valence-corrected chi connectivity index (χ2v) is 11.7. The van der Waals surface area contributed by atoms with E-state index in [4.69, 9.17) is 15.0 Å². The molecule has 260 valence electrons. The van der Waals surface area contributed by atoms with Crippen molar-refractivity contribution in [1.82, 2.24) is 0 Å². The number of unbranched alkanes of at least 4 members (excludes halogenated alkanes) is 22. The van der Waals surface area contributed by atoms with E-state index >= 15 is 0 Å². The van der Waals surface area contributed by atoms with E-state index in [0.29, 0.717) is 0 Å². The molecular formula is C37H66MgO7-2. The van der Waals surface area contributed by atoms with Crippen molar-refractivity contribution in [3.05, 3.63) is 24.3 Å². The summed E-state index contributed by atoms with van der Waals surface area (Å²) in [4.78, 5) is 28.8. The van der Waals surface area contributed by atoms with Crippen molar-refractivity contribution in [2.45, 2.75) is 194 Å². The molecule has 0 radical (unpaired) electrons. The molecule has 0 aromatic carbocycles. The Hall–Kier alpha value is -1.54. The summed E-state index contributed by atoms with van der Waals surface area (Å²) in [6.45, 7) is 4.51. The predicted octanol–water partition coefficient (Wildman–Crippen LogP) is 6.72. The van der Waals surface area contributed by atoms with E-state index in [1.54, 1.807) is 0 Å². The van der Waals surface area contributed by atoms with Gasteiger partial charge in [0, 0.05) is 11.9 Å². The number of carbonyl (C=O) groups is 3. The Kier molecular flexibility index (Phi) is 52.4. The van der Waals surface area contributed by atoms with Gasteiger partial charge in [-0.2, -0.15) is 0 Å². The fourth-order valence-corrected chi connectivity index (χ4v) is 4.68. The zero-order chi connectivity index (χ0) is 33.4. The van der Waals surface area contributed by atoms with Crippen LogP contribution in [0.4, 0.5) is 4.79 Å². The molecule has 0 amide bonds. The van der Waals surface area contributed by atoms with E-state index in [1.165, 1.54) is 128 Å². The zero-order valence-electron chi connectivity index (χ0n) is 29.2. The summed E-state index contributed by atoms with van der Waals surface area (Å²) in [5.74, 6) is -1.83. The van der Waals surface area contributed by atoms with Gasteiger partial charge in [-0.3, -0.25) is 0 Å². The molecule has 0 bridgehead atoms. The number of carboxylic acid groups (broad SMARTS) is 4. The minimum Gasteiger partial charge on any atom is -0.652 e. The third kappa shape index (κ3) is 66.0. The first-order valence-corrected chi connectivity index (χ1v) is 17.8. The van der Waals surface area contributed by atoms with E-state index in [9.17, 15) is 19.8 Å². The SMILES string of the molecule is CCCCCCCC/C=C\CCCCCCCC(=O)[O-].CCCCCCCC/C=C\CCCCCCCC(=O)[O-].O=C([O-])[O-].[Mg+2]. The van der Waals surface area contributed by atoms with Crippen LogP contribution in [0.15, 0.2) is 24.3 Å². The van der Waals surface area contributed by atoms with Gasteiger partial charge < -0.3 is 34.8 Å². The molecular weight excluding hydrogens is 581 g/mol. The van der Waals surface area contributed by atoms with Crippen LogP contribution in [-0.2, 0) is 9.59 Å². The van der Waals surface area contributed by atoms with E-state index < -0.39 is 18.1 Å². The maximum Gasteiger partial charge on any atom is 2.00 e. The number of hydrogen-bond acceptors (Lipinski definition) is 7. The van der Waals surface area contributed by atoms with Gasteiger partial charge in [0.15, 0.2) is 0 Å². The third-order valence-electron chi connectivity index (χ3n) is 7.29. The minimum atomic E-state index is -2.33. The molecule has 0 aromatic rings. The van der Waals surface area contributed by atoms with Gasteiger partial charge in [0.2, 0.25) is 0 Å². The van der Waals surface area contributed by atoms with Gasteiger partial charge in [-0.05, 0) is 83.2 Å². The summed E-state index contributed by atoms with van der Waals surface area (Å²) >= 11 is 0. The monoisotopic (exact) mass is 646 g/mol. The molecule has 0 atom stereocenters. The van der Waals surface area contributed by atoms with Gasteiger partial charge in [0.25, 0.3) is 0 Å². The van der Waals surface area contributed by atoms with Crippen LogP contribution < -0.4 is 20.4 Å². The number of allylic oxidation sites excluding steroid dienone is 4. The molecule has 0 heterocycles. The fourth-order valence-electron chi connectivity index (χ4n) is 4.68. The second kappa shape index (κ2) is 46.9. The standard InChI is InChI=1S/2C18H34O2.CH2O3.Mg/c2*1-2-3-4-5-6-7-8-9-10-11-12-13-14-15-16-17-18(19)20;2-1(3)4;/h2*9-10H,2-8,11-17H2,1H3,(H,19,20);(H2,2,3,4);/q;;;+2/p-4/b2*10-9-;;. The maximum atomic E-state index is 10.2. The Labute approximate surface area is 292 Å². The molecule has 0 aromatic heterocycles. The molecule has 0 aliphatic carbocycles. The van der Waals surface area contributed by atoms with Gasteiger partial charge >= 0.3 is 23.1 Å². The van der Waals surface area contributed by atoms with Gasteiger partial charge in [-0.1, -0.05) is 141 Å².